The summed E-state index contributed by atoms with van der Waals surface area (Å²) in [5, 5.41) is 17.3. The number of thiophene rings is 1. The molecule has 0 amide bonds. The van der Waals surface area contributed by atoms with Gasteiger partial charge in [-0.05, 0) is 18.6 Å². The lowest BCUT2D eigenvalue weighted by Gasteiger charge is -2.00. The highest BCUT2D eigenvalue weighted by molar-refractivity contribution is 7.16. The Hall–Kier alpha value is -0.560. The van der Waals surface area contributed by atoms with Crippen LogP contribution in [0.4, 0.5) is 0 Å². The number of aliphatic hydroxyl groups is 1. The van der Waals surface area contributed by atoms with Crippen molar-refractivity contribution < 1.29 is 5.11 Å². The summed E-state index contributed by atoms with van der Waals surface area (Å²) < 4.78 is 0.722. The molecule has 1 rings (SSSR count). The predicted octanol–water partition coefficient (Wildman–Crippen LogP) is 2.08. The van der Waals surface area contributed by atoms with Crippen LogP contribution in [-0.4, -0.2) is 11.7 Å². The summed E-state index contributed by atoms with van der Waals surface area (Å²) in [6.45, 7) is -0.0913. The first-order valence-electron chi connectivity index (χ1n) is 3.51. The zero-order valence-corrected chi connectivity index (χ0v) is 7.90. The van der Waals surface area contributed by atoms with E-state index in [2.05, 4.69) is 0 Å². The van der Waals surface area contributed by atoms with Crippen LogP contribution >= 0.6 is 22.9 Å². The maximum Gasteiger partial charge on any atom is 0.0931 e. The molecule has 0 aliphatic rings. The number of halogens is 1. The SMILES string of the molecule is N#CC(CO)Cc1ccc(Cl)s1. The minimum Gasteiger partial charge on any atom is -0.395 e. The van der Waals surface area contributed by atoms with Crippen LogP contribution in [-0.2, 0) is 6.42 Å². The van der Waals surface area contributed by atoms with Gasteiger partial charge in [0.2, 0.25) is 0 Å². The van der Waals surface area contributed by atoms with E-state index in [1.807, 2.05) is 12.1 Å². The van der Waals surface area contributed by atoms with Gasteiger partial charge in [-0.25, -0.2) is 0 Å². The highest BCUT2D eigenvalue weighted by atomic mass is 35.5. The van der Waals surface area contributed by atoms with Gasteiger partial charge in [-0.2, -0.15) is 5.26 Å². The molecule has 1 heterocycles. The zero-order chi connectivity index (χ0) is 8.97. The Morgan fingerprint density at radius 2 is 2.42 bits per heavy atom. The number of nitriles is 1. The zero-order valence-electron chi connectivity index (χ0n) is 6.33. The number of hydrogen-bond acceptors (Lipinski definition) is 3. The minimum absolute atomic E-state index is 0.0913. The molecule has 0 aromatic carbocycles. The van der Waals surface area contributed by atoms with E-state index in [-0.39, 0.29) is 12.5 Å². The van der Waals surface area contributed by atoms with Crippen molar-refractivity contribution in [2.24, 2.45) is 5.92 Å². The molecular formula is C8H8ClNOS. The van der Waals surface area contributed by atoms with Gasteiger partial charge < -0.3 is 5.11 Å². The fourth-order valence-corrected chi connectivity index (χ4v) is 2.02. The number of aliphatic hydroxyl groups excluding tert-OH is 1. The third-order valence-corrected chi connectivity index (χ3v) is 2.73. The standard InChI is InChI=1S/C8H8ClNOS/c9-8-2-1-7(12-8)3-6(4-10)5-11/h1-2,6,11H,3,5H2. The Labute approximate surface area is 80.0 Å². The molecule has 0 saturated heterocycles. The Morgan fingerprint density at radius 3 is 2.83 bits per heavy atom. The summed E-state index contributed by atoms with van der Waals surface area (Å²) in [5.41, 5.74) is 0. The van der Waals surface area contributed by atoms with Crippen LogP contribution < -0.4 is 0 Å². The molecule has 12 heavy (non-hydrogen) atoms. The van der Waals surface area contributed by atoms with Crippen LogP contribution in [0.25, 0.3) is 0 Å². The van der Waals surface area contributed by atoms with E-state index in [1.54, 1.807) is 6.07 Å². The molecular weight excluding hydrogens is 194 g/mol. The Bertz CT molecular complexity index is 291. The Kier molecular flexibility index (Phi) is 3.54. The average molecular weight is 202 g/mol. The van der Waals surface area contributed by atoms with Crippen molar-refractivity contribution in [3.05, 3.63) is 21.3 Å². The average Bonchev–Trinajstić information content (AvgIpc) is 2.47. The van der Waals surface area contributed by atoms with Crippen LogP contribution in [0.2, 0.25) is 4.34 Å². The molecule has 0 spiro atoms. The van der Waals surface area contributed by atoms with E-state index in [0.29, 0.717) is 6.42 Å². The maximum absolute atomic E-state index is 8.74. The molecule has 1 unspecified atom stereocenters. The highest BCUT2D eigenvalue weighted by Crippen LogP contribution is 2.23. The molecule has 2 nitrogen and oxygen atoms in total. The second-order valence-corrected chi connectivity index (χ2v) is 4.22. The lowest BCUT2D eigenvalue weighted by molar-refractivity contribution is 0.256. The van der Waals surface area contributed by atoms with Gasteiger partial charge in [0.15, 0.2) is 0 Å². The molecule has 64 valence electrons. The highest BCUT2D eigenvalue weighted by Gasteiger charge is 2.08. The molecule has 0 bridgehead atoms. The van der Waals surface area contributed by atoms with Crippen LogP contribution in [0.3, 0.4) is 0 Å². The van der Waals surface area contributed by atoms with Gasteiger partial charge in [0.05, 0.1) is 22.9 Å². The van der Waals surface area contributed by atoms with Crippen molar-refractivity contribution in [3.63, 3.8) is 0 Å². The summed E-state index contributed by atoms with van der Waals surface area (Å²) in [6.07, 6.45) is 0.588. The summed E-state index contributed by atoms with van der Waals surface area (Å²) >= 11 is 7.15. The van der Waals surface area contributed by atoms with Gasteiger partial charge in [-0.15, -0.1) is 11.3 Å². The van der Waals surface area contributed by atoms with Crippen LogP contribution in [0, 0.1) is 17.2 Å². The molecule has 0 aliphatic heterocycles. The van der Waals surface area contributed by atoms with Crippen molar-refractivity contribution in [1.82, 2.24) is 0 Å². The fraction of sp³-hybridized carbons (Fsp3) is 0.375. The fourth-order valence-electron chi connectivity index (χ4n) is 0.855. The lowest BCUT2D eigenvalue weighted by Crippen LogP contribution is -2.05. The normalized spacial score (nSPS) is 12.4. The molecule has 0 aliphatic carbocycles. The quantitative estimate of drug-likeness (QED) is 0.814. The molecule has 1 N–H and O–H groups in total. The second-order valence-electron chi connectivity index (χ2n) is 2.42. The third kappa shape index (κ3) is 2.49. The van der Waals surface area contributed by atoms with Crippen LogP contribution in [0.1, 0.15) is 4.88 Å². The van der Waals surface area contributed by atoms with Crippen molar-refractivity contribution in [2.75, 3.05) is 6.61 Å². The van der Waals surface area contributed by atoms with Gasteiger partial charge in [-0.1, -0.05) is 11.6 Å². The lowest BCUT2D eigenvalue weighted by atomic mass is 10.1. The summed E-state index contributed by atoms with van der Waals surface area (Å²) in [4.78, 5) is 1.04. The van der Waals surface area contributed by atoms with Crippen molar-refractivity contribution in [2.45, 2.75) is 6.42 Å². The number of nitrogens with zero attached hydrogens (tertiary/aromatic N) is 1. The van der Waals surface area contributed by atoms with Crippen LogP contribution in [0.5, 0.6) is 0 Å². The predicted molar refractivity (Wildman–Crippen MR) is 49.2 cm³/mol. The Balaban J connectivity index is 2.58. The first-order chi connectivity index (χ1) is 5.76. The van der Waals surface area contributed by atoms with Gasteiger partial charge >= 0.3 is 0 Å². The molecule has 1 atom stereocenters. The maximum atomic E-state index is 8.74. The van der Waals surface area contributed by atoms with Crippen molar-refractivity contribution in [1.29, 1.82) is 5.26 Å². The van der Waals surface area contributed by atoms with E-state index < -0.39 is 0 Å². The van der Waals surface area contributed by atoms with Gasteiger partial charge in [0.25, 0.3) is 0 Å². The molecule has 0 fully saturated rings. The topological polar surface area (TPSA) is 44.0 Å². The second kappa shape index (κ2) is 4.46. The largest absolute Gasteiger partial charge is 0.395 e. The van der Waals surface area contributed by atoms with Crippen LogP contribution in [0.15, 0.2) is 12.1 Å². The number of hydrogen-bond donors (Lipinski definition) is 1. The molecule has 0 saturated carbocycles. The smallest absolute Gasteiger partial charge is 0.0931 e. The molecule has 1 aromatic rings. The van der Waals surface area contributed by atoms with Gasteiger partial charge in [0.1, 0.15) is 0 Å². The number of rotatable bonds is 3. The first kappa shape index (κ1) is 9.53. The van der Waals surface area contributed by atoms with E-state index in [9.17, 15) is 0 Å². The molecule has 0 radical (unpaired) electrons. The third-order valence-electron chi connectivity index (χ3n) is 1.48. The van der Waals surface area contributed by atoms with Gasteiger partial charge in [0, 0.05) is 4.88 Å². The minimum atomic E-state index is -0.306. The van der Waals surface area contributed by atoms with E-state index in [0.717, 1.165) is 9.21 Å². The monoisotopic (exact) mass is 201 g/mol. The first-order valence-corrected chi connectivity index (χ1v) is 4.70. The van der Waals surface area contributed by atoms with Crippen molar-refractivity contribution >= 4 is 22.9 Å². The van der Waals surface area contributed by atoms with Crippen molar-refractivity contribution in [3.8, 4) is 6.07 Å². The van der Waals surface area contributed by atoms with E-state index in [1.165, 1.54) is 11.3 Å². The Morgan fingerprint density at radius 1 is 1.67 bits per heavy atom. The van der Waals surface area contributed by atoms with Gasteiger partial charge in [-0.3, -0.25) is 0 Å². The summed E-state index contributed by atoms with van der Waals surface area (Å²) in [5.74, 6) is -0.306. The van der Waals surface area contributed by atoms with E-state index in [4.69, 9.17) is 22.0 Å². The molecule has 1 aromatic heterocycles. The summed E-state index contributed by atoms with van der Waals surface area (Å²) in [7, 11) is 0. The van der Waals surface area contributed by atoms with E-state index >= 15 is 0 Å². The molecule has 4 heteroatoms. The summed E-state index contributed by atoms with van der Waals surface area (Å²) in [6, 6.07) is 5.70.